The molecule has 1 aliphatic carbocycles. The van der Waals surface area contributed by atoms with E-state index >= 15 is 0 Å². The van der Waals surface area contributed by atoms with E-state index in [1.807, 2.05) is 29.2 Å². The Labute approximate surface area is 185 Å². The predicted molar refractivity (Wildman–Crippen MR) is 125 cm³/mol. The highest BCUT2D eigenvalue weighted by molar-refractivity contribution is 5.95. The molecule has 2 aliphatic rings. The molecule has 4 rings (SSSR count). The number of benzene rings is 1. The lowest BCUT2D eigenvalue weighted by Gasteiger charge is -2.38. The van der Waals surface area contributed by atoms with Gasteiger partial charge in [-0.3, -0.25) is 14.7 Å². The van der Waals surface area contributed by atoms with Crippen molar-refractivity contribution in [3.05, 3.63) is 48.8 Å². The number of pyridine rings is 1. The van der Waals surface area contributed by atoms with Crippen molar-refractivity contribution in [2.75, 3.05) is 56.2 Å². The molecule has 0 spiro atoms. The van der Waals surface area contributed by atoms with Crippen LogP contribution >= 0.6 is 0 Å². The first-order valence-corrected chi connectivity index (χ1v) is 11.6. The fourth-order valence-electron chi connectivity index (χ4n) is 4.81. The fraction of sp³-hybridized carbons (Fsp3) is 0.520. The second-order valence-corrected chi connectivity index (χ2v) is 8.53. The first-order valence-electron chi connectivity index (χ1n) is 11.6. The number of ether oxygens (including phenoxy) is 1. The molecule has 6 nitrogen and oxygen atoms in total. The smallest absolute Gasteiger partial charge is 0.230 e. The summed E-state index contributed by atoms with van der Waals surface area (Å²) in [4.78, 5) is 24.3. The van der Waals surface area contributed by atoms with Crippen LogP contribution < -0.4 is 14.5 Å². The van der Waals surface area contributed by atoms with E-state index in [-0.39, 0.29) is 5.92 Å². The molecule has 6 heteroatoms. The Kier molecular flexibility index (Phi) is 7.41. The quantitative estimate of drug-likeness (QED) is 0.679. The van der Waals surface area contributed by atoms with Crippen molar-refractivity contribution in [2.45, 2.75) is 32.1 Å². The fourth-order valence-corrected chi connectivity index (χ4v) is 4.81. The van der Waals surface area contributed by atoms with Crippen LogP contribution in [0.5, 0.6) is 5.75 Å². The number of aromatic nitrogens is 1. The second kappa shape index (κ2) is 10.6. The molecule has 0 atom stereocenters. The zero-order chi connectivity index (χ0) is 21.5. The van der Waals surface area contributed by atoms with Crippen LogP contribution in [0.4, 0.5) is 11.4 Å². The maximum atomic E-state index is 13.3. The van der Waals surface area contributed by atoms with Gasteiger partial charge in [-0.05, 0) is 37.1 Å². The second-order valence-electron chi connectivity index (χ2n) is 8.53. The first-order chi connectivity index (χ1) is 15.3. The molecule has 0 radical (unpaired) electrons. The van der Waals surface area contributed by atoms with E-state index in [1.54, 1.807) is 19.5 Å². The molecule has 2 aromatic rings. The maximum Gasteiger partial charge on any atom is 0.230 e. The van der Waals surface area contributed by atoms with Crippen LogP contribution in [0.1, 0.15) is 32.1 Å². The number of hydrogen-bond acceptors (Lipinski definition) is 5. The molecule has 1 aliphatic heterocycles. The summed E-state index contributed by atoms with van der Waals surface area (Å²) in [6.07, 6.45) is 9.22. The van der Waals surface area contributed by atoms with Gasteiger partial charge in [-0.1, -0.05) is 31.4 Å². The molecule has 1 saturated carbocycles. The summed E-state index contributed by atoms with van der Waals surface area (Å²) in [6, 6.07) is 12.1. The predicted octanol–water partition coefficient (Wildman–Crippen LogP) is 3.83. The molecular formula is C25H34N4O2. The number of hydrogen-bond donors (Lipinski definition) is 0. The third-order valence-corrected chi connectivity index (χ3v) is 6.63. The van der Waals surface area contributed by atoms with Gasteiger partial charge in [0.1, 0.15) is 5.75 Å². The monoisotopic (exact) mass is 422 g/mol. The van der Waals surface area contributed by atoms with Gasteiger partial charge in [0.25, 0.3) is 0 Å². The Morgan fingerprint density at radius 1 is 1.03 bits per heavy atom. The average Bonchev–Trinajstić information content (AvgIpc) is 2.85. The number of methoxy groups -OCH3 is 1. The van der Waals surface area contributed by atoms with Crippen LogP contribution in [0.3, 0.4) is 0 Å². The third-order valence-electron chi connectivity index (χ3n) is 6.63. The van der Waals surface area contributed by atoms with Crippen molar-refractivity contribution in [1.82, 2.24) is 9.88 Å². The molecule has 1 saturated heterocycles. The highest BCUT2D eigenvalue weighted by Crippen LogP contribution is 2.29. The largest absolute Gasteiger partial charge is 0.495 e. The van der Waals surface area contributed by atoms with Gasteiger partial charge in [0.15, 0.2) is 0 Å². The number of carbonyl (C=O) groups excluding carboxylic acids is 1. The van der Waals surface area contributed by atoms with Crippen LogP contribution in [-0.4, -0.2) is 62.2 Å². The minimum Gasteiger partial charge on any atom is -0.495 e. The summed E-state index contributed by atoms with van der Waals surface area (Å²) in [7, 11) is 1.73. The van der Waals surface area contributed by atoms with Gasteiger partial charge in [0.2, 0.25) is 5.91 Å². The topological polar surface area (TPSA) is 48.9 Å². The Morgan fingerprint density at radius 3 is 2.45 bits per heavy atom. The molecular weight excluding hydrogens is 388 g/mol. The zero-order valence-electron chi connectivity index (χ0n) is 18.6. The van der Waals surface area contributed by atoms with Gasteiger partial charge in [-0.25, -0.2) is 0 Å². The van der Waals surface area contributed by atoms with Gasteiger partial charge < -0.3 is 14.5 Å². The van der Waals surface area contributed by atoms with E-state index in [4.69, 9.17) is 4.74 Å². The molecule has 2 fully saturated rings. The van der Waals surface area contributed by atoms with E-state index in [2.05, 4.69) is 26.9 Å². The molecule has 2 heterocycles. The van der Waals surface area contributed by atoms with Crippen LogP contribution in [0.25, 0.3) is 0 Å². The normalized spacial score (nSPS) is 18.0. The lowest BCUT2D eigenvalue weighted by molar-refractivity contribution is -0.123. The lowest BCUT2D eigenvalue weighted by Crippen LogP contribution is -2.49. The van der Waals surface area contributed by atoms with Gasteiger partial charge in [-0.2, -0.15) is 0 Å². The third kappa shape index (κ3) is 5.37. The Bertz CT molecular complexity index is 830. The summed E-state index contributed by atoms with van der Waals surface area (Å²) in [5.74, 6) is 1.39. The summed E-state index contributed by atoms with van der Waals surface area (Å²) in [5.41, 5.74) is 2.13. The van der Waals surface area contributed by atoms with Gasteiger partial charge in [0.05, 0.1) is 12.8 Å². The van der Waals surface area contributed by atoms with E-state index in [0.29, 0.717) is 5.91 Å². The number of carbonyl (C=O) groups is 1. The highest BCUT2D eigenvalue weighted by Gasteiger charge is 2.28. The van der Waals surface area contributed by atoms with Crippen molar-refractivity contribution >= 4 is 17.3 Å². The standard InChI is InChI=1S/C25H34N4O2/c1-31-24-10-6-5-9-23(24)28-18-15-27(16-19-28)17-20-29(22-11-13-26-14-12-22)25(30)21-7-3-2-4-8-21/h5-6,9-14,21H,2-4,7-8,15-20H2,1H3. The number of para-hydroxylation sites is 2. The number of amides is 1. The average molecular weight is 423 g/mol. The molecule has 0 unspecified atom stereocenters. The molecule has 1 aromatic heterocycles. The molecule has 0 bridgehead atoms. The van der Waals surface area contributed by atoms with E-state index in [1.165, 1.54) is 19.3 Å². The van der Waals surface area contributed by atoms with Gasteiger partial charge in [0, 0.05) is 63.3 Å². The number of rotatable bonds is 7. The van der Waals surface area contributed by atoms with Crippen LogP contribution in [-0.2, 0) is 4.79 Å². The Hall–Kier alpha value is -2.60. The minimum atomic E-state index is 0.171. The molecule has 1 aromatic carbocycles. The van der Waals surface area contributed by atoms with Gasteiger partial charge in [-0.15, -0.1) is 0 Å². The van der Waals surface area contributed by atoms with E-state index < -0.39 is 0 Å². The Balaban J connectivity index is 1.36. The molecule has 166 valence electrons. The summed E-state index contributed by atoms with van der Waals surface area (Å²) in [6.45, 7) is 5.52. The summed E-state index contributed by atoms with van der Waals surface area (Å²) in [5, 5.41) is 0. The summed E-state index contributed by atoms with van der Waals surface area (Å²) >= 11 is 0. The Morgan fingerprint density at radius 2 is 1.74 bits per heavy atom. The molecule has 1 amide bonds. The first kappa shape index (κ1) is 21.6. The van der Waals surface area contributed by atoms with Crippen LogP contribution in [0.15, 0.2) is 48.8 Å². The van der Waals surface area contributed by atoms with Crippen LogP contribution in [0, 0.1) is 5.92 Å². The van der Waals surface area contributed by atoms with E-state index in [9.17, 15) is 4.79 Å². The van der Waals surface area contributed by atoms with Gasteiger partial charge >= 0.3 is 0 Å². The van der Waals surface area contributed by atoms with Crippen LogP contribution in [0.2, 0.25) is 0 Å². The van der Waals surface area contributed by atoms with Crippen molar-refractivity contribution < 1.29 is 9.53 Å². The number of anilines is 2. The van der Waals surface area contributed by atoms with Crippen molar-refractivity contribution in [3.8, 4) is 5.75 Å². The SMILES string of the molecule is COc1ccccc1N1CCN(CCN(C(=O)C2CCCCC2)c2ccncc2)CC1. The zero-order valence-corrected chi connectivity index (χ0v) is 18.6. The lowest BCUT2D eigenvalue weighted by atomic mass is 9.88. The molecule has 31 heavy (non-hydrogen) atoms. The van der Waals surface area contributed by atoms with Crippen molar-refractivity contribution in [1.29, 1.82) is 0 Å². The van der Waals surface area contributed by atoms with Crippen molar-refractivity contribution in [3.63, 3.8) is 0 Å². The minimum absolute atomic E-state index is 0.171. The highest BCUT2D eigenvalue weighted by atomic mass is 16.5. The maximum absolute atomic E-state index is 13.3. The number of nitrogens with zero attached hydrogens (tertiary/aromatic N) is 4. The number of piperazine rings is 1. The van der Waals surface area contributed by atoms with E-state index in [0.717, 1.165) is 69.2 Å². The molecule has 0 N–H and O–H groups in total. The van der Waals surface area contributed by atoms with Crippen molar-refractivity contribution in [2.24, 2.45) is 5.92 Å². The summed E-state index contributed by atoms with van der Waals surface area (Å²) < 4.78 is 5.53.